The Morgan fingerprint density at radius 3 is 2.76 bits per heavy atom. The van der Waals surface area contributed by atoms with Gasteiger partial charge in [-0.25, -0.2) is 9.50 Å². The maximum atomic E-state index is 9.53. The summed E-state index contributed by atoms with van der Waals surface area (Å²) in [6, 6.07) is 4.04. The Morgan fingerprint density at radius 2 is 2.00 bits per heavy atom. The van der Waals surface area contributed by atoms with E-state index in [-0.39, 0.29) is 6.10 Å². The van der Waals surface area contributed by atoms with Gasteiger partial charge in [-0.1, -0.05) is 0 Å². The van der Waals surface area contributed by atoms with Crippen molar-refractivity contribution in [1.29, 1.82) is 0 Å². The van der Waals surface area contributed by atoms with Gasteiger partial charge in [0.05, 0.1) is 6.10 Å². The second kappa shape index (κ2) is 4.00. The second-order valence-corrected chi connectivity index (χ2v) is 4.71. The summed E-state index contributed by atoms with van der Waals surface area (Å²) in [5.41, 5.74) is 7.86. The van der Waals surface area contributed by atoms with Crippen LogP contribution in [-0.4, -0.2) is 25.8 Å². The fraction of sp³-hybridized carbons (Fsp3) is 0.500. The third-order valence-corrected chi connectivity index (χ3v) is 3.63. The molecule has 90 valence electrons. The van der Waals surface area contributed by atoms with Crippen LogP contribution < -0.4 is 5.73 Å². The van der Waals surface area contributed by atoms with Crippen LogP contribution >= 0.6 is 0 Å². The Kier molecular flexibility index (Phi) is 2.48. The number of aromatic nitrogens is 3. The van der Waals surface area contributed by atoms with Crippen LogP contribution in [0.25, 0.3) is 5.52 Å². The molecule has 0 atom stereocenters. The van der Waals surface area contributed by atoms with E-state index in [0.29, 0.717) is 11.7 Å². The maximum Gasteiger partial charge on any atom is 0.151 e. The zero-order valence-corrected chi connectivity index (χ0v) is 9.58. The van der Waals surface area contributed by atoms with E-state index in [1.54, 1.807) is 0 Å². The zero-order chi connectivity index (χ0) is 11.8. The Hall–Kier alpha value is -1.62. The Morgan fingerprint density at radius 1 is 1.24 bits per heavy atom. The number of rotatable bonds is 1. The summed E-state index contributed by atoms with van der Waals surface area (Å²) in [6.07, 6.45) is 5.13. The first-order valence-electron chi connectivity index (χ1n) is 6.02. The molecule has 2 aromatic rings. The van der Waals surface area contributed by atoms with Gasteiger partial charge in [0.2, 0.25) is 0 Å². The van der Waals surface area contributed by atoms with Crippen molar-refractivity contribution in [3.63, 3.8) is 0 Å². The molecule has 1 aliphatic rings. The van der Waals surface area contributed by atoms with E-state index in [9.17, 15) is 5.11 Å². The quantitative estimate of drug-likeness (QED) is 0.777. The third kappa shape index (κ3) is 1.76. The van der Waals surface area contributed by atoms with Crippen LogP contribution in [0.1, 0.15) is 37.3 Å². The van der Waals surface area contributed by atoms with Crippen LogP contribution in [0.2, 0.25) is 0 Å². The first-order chi connectivity index (χ1) is 8.25. The van der Waals surface area contributed by atoms with E-state index in [2.05, 4.69) is 16.1 Å². The SMILES string of the molecule is Nc1ncnn2c1ccc2[C@H]1CC[C@H](O)CC1. The summed E-state index contributed by atoms with van der Waals surface area (Å²) in [7, 11) is 0. The lowest BCUT2D eigenvalue weighted by molar-refractivity contribution is 0.121. The molecule has 0 radical (unpaired) electrons. The van der Waals surface area contributed by atoms with Crippen LogP contribution in [0.5, 0.6) is 0 Å². The van der Waals surface area contributed by atoms with Crippen LogP contribution in [0.15, 0.2) is 18.5 Å². The molecule has 0 aliphatic heterocycles. The molecule has 1 aliphatic carbocycles. The van der Waals surface area contributed by atoms with Crippen molar-refractivity contribution in [2.45, 2.75) is 37.7 Å². The van der Waals surface area contributed by atoms with Crippen molar-refractivity contribution in [2.24, 2.45) is 0 Å². The molecule has 5 nitrogen and oxygen atoms in total. The van der Waals surface area contributed by atoms with Crippen LogP contribution in [-0.2, 0) is 0 Å². The lowest BCUT2D eigenvalue weighted by atomic mass is 9.85. The van der Waals surface area contributed by atoms with Crippen LogP contribution in [0, 0.1) is 0 Å². The fourth-order valence-corrected chi connectivity index (χ4v) is 2.65. The highest BCUT2D eigenvalue weighted by Crippen LogP contribution is 2.33. The number of fused-ring (bicyclic) bond motifs is 1. The first kappa shape index (κ1) is 10.5. The van der Waals surface area contributed by atoms with E-state index < -0.39 is 0 Å². The van der Waals surface area contributed by atoms with Gasteiger partial charge in [-0.15, -0.1) is 0 Å². The molecule has 0 unspecified atom stereocenters. The number of anilines is 1. The zero-order valence-electron chi connectivity index (χ0n) is 9.58. The summed E-state index contributed by atoms with van der Waals surface area (Å²) in [5, 5.41) is 13.8. The predicted octanol–water partition coefficient (Wildman–Crippen LogP) is 1.33. The number of hydrogen-bond donors (Lipinski definition) is 2. The molecule has 3 rings (SSSR count). The molecular formula is C12H16N4O. The first-order valence-corrected chi connectivity index (χ1v) is 6.02. The molecule has 0 amide bonds. The standard InChI is InChI=1S/C12H16N4O/c13-12-11-6-5-10(16(11)15-7-14-12)8-1-3-9(17)4-2-8/h5-9,17H,1-4H2,(H2,13,14,15)/t8-,9-. The van der Waals surface area contributed by atoms with Crippen molar-refractivity contribution in [3.05, 3.63) is 24.2 Å². The average Bonchev–Trinajstić information content (AvgIpc) is 2.75. The Balaban J connectivity index is 1.98. The molecule has 0 aromatic carbocycles. The van der Waals surface area contributed by atoms with Gasteiger partial charge < -0.3 is 10.8 Å². The molecule has 2 heterocycles. The van der Waals surface area contributed by atoms with E-state index in [1.807, 2.05) is 10.6 Å². The lowest BCUT2D eigenvalue weighted by Crippen LogP contribution is -2.18. The van der Waals surface area contributed by atoms with Crippen molar-refractivity contribution in [3.8, 4) is 0 Å². The van der Waals surface area contributed by atoms with Gasteiger partial charge in [-0.3, -0.25) is 0 Å². The predicted molar refractivity (Wildman–Crippen MR) is 64.6 cm³/mol. The highest BCUT2D eigenvalue weighted by molar-refractivity contribution is 5.65. The summed E-state index contributed by atoms with van der Waals surface area (Å²) in [6.45, 7) is 0. The Labute approximate surface area is 99.3 Å². The lowest BCUT2D eigenvalue weighted by Gasteiger charge is -2.24. The van der Waals surface area contributed by atoms with Gasteiger partial charge in [-0.05, 0) is 37.8 Å². The number of aliphatic hydroxyl groups is 1. The number of nitrogens with two attached hydrogens (primary N) is 1. The largest absolute Gasteiger partial charge is 0.393 e. The van der Waals surface area contributed by atoms with E-state index in [0.717, 1.165) is 31.2 Å². The minimum Gasteiger partial charge on any atom is -0.393 e. The van der Waals surface area contributed by atoms with Crippen molar-refractivity contribution < 1.29 is 5.11 Å². The smallest absolute Gasteiger partial charge is 0.151 e. The second-order valence-electron chi connectivity index (χ2n) is 4.71. The van der Waals surface area contributed by atoms with Gasteiger partial charge in [0.25, 0.3) is 0 Å². The van der Waals surface area contributed by atoms with Crippen molar-refractivity contribution in [1.82, 2.24) is 14.6 Å². The van der Waals surface area contributed by atoms with Gasteiger partial charge >= 0.3 is 0 Å². The minimum absolute atomic E-state index is 0.128. The molecule has 17 heavy (non-hydrogen) atoms. The number of nitrogen functional groups attached to an aromatic ring is 1. The molecule has 5 heteroatoms. The molecular weight excluding hydrogens is 216 g/mol. The monoisotopic (exact) mass is 232 g/mol. The highest BCUT2D eigenvalue weighted by Gasteiger charge is 2.23. The van der Waals surface area contributed by atoms with Crippen LogP contribution in [0.3, 0.4) is 0 Å². The fourth-order valence-electron chi connectivity index (χ4n) is 2.65. The average molecular weight is 232 g/mol. The number of aliphatic hydroxyl groups excluding tert-OH is 1. The topological polar surface area (TPSA) is 76.4 Å². The van der Waals surface area contributed by atoms with E-state index >= 15 is 0 Å². The van der Waals surface area contributed by atoms with E-state index in [4.69, 9.17) is 5.73 Å². The van der Waals surface area contributed by atoms with Gasteiger partial charge in [-0.2, -0.15) is 5.10 Å². The molecule has 1 saturated carbocycles. The Bertz CT molecular complexity index is 528. The molecule has 0 bridgehead atoms. The van der Waals surface area contributed by atoms with E-state index in [1.165, 1.54) is 12.0 Å². The third-order valence-electron chi connectivity index (χ3n) is 3.63. The minimum atomic E-state index is -0.128. The molecule has 1 fully saturated rings. The number of hydrogen-bond acceptors (Lipinski definition) is 4. The van der Waals surface area contributed by atoms with Crippen LogP contribution in [0.4, 0.5) is 5.82 Å². The summed E-state index contributed by atoms with van der Waals surface area (Å²) in [5.74, 6) is 0.984. The van der Waals surface area contributed by atoms with Crippen molar-refractivity contribution >= 4 is 11.3 Å². The normalized spacial score (nSPS) is 25.2. The summed E-state index contributed by atoms with van der Waals surface area (Å²) in [4.78, 5) is 3.98. The molecule has 2 aromatic heterocycles. The van der Waals surface area contributed by atoms with Crippen molar-refractivity contribution in [2.75, 3.05) is 5.73 Å². The summed E-state index contributed by atoms with van der Waals surface area (Å²) >= 11 is 0. The summed E-state index contributed by atoms with van der Waals surface area (Å²) < 4.78 is 1.88. The number of nitrogens with zero attached hydrogens (tertiary/aromatic N) is 3. The maximum absolute atomic E-state index is 9.53. The highest BCUT2D eigenvalue weighted by atomic mass is 16.3. The van der Waals surface area contributed by atoms with Gasteiger partial charge in [0, 0.05) is 11.6 Å². The van der Waals surface area contributed by atoms with Gasteiger partial charge in [0.15, 0.2) is 5.82 Å². The molecule has 0 saturated heterocycles. The molecule has 3 N–H and O–H groups in total. The molecule has 0 spiro atoms. The van der Waals surface area contributed by atoms with Gasteiger partial charge in [0.1, 0.15) is 11.8 Å².